The third-order valence-corrected chi connectivity index (χ3v) is 2.89. The average molecular weight is 213 g/mol. The smallest absolute Gasteiger partial charge is 0.155 e. The molecule has 78 valence electrons. The number of aromatic hydroxyl groups is 1. The van der Waals surface area contributed by atoms with Gasteiger partial charge in [-0.25, -0.2) is 0 Å². The monoisotopic (exact) mass is 213 g/mol. The minimum absolute atomic E-state index is 0.117. The van der Waals surface area contributed by atoms with Crippen LogP contribution in [-0.4, -0.2) is 18.5 Å². The summed E-state index contributed by atoms with van der Waals surface area (Å²) >= 11 is 1.47. The summed E-state index contributed by atoms with van der Waals surface area (Å²) in [5, 5.41) is 9.70. The van der Waals surface area contributed by atoms with E-state index in [1.54, 1.807) is 7.11 Å². The van der Waals surface area contributed by atoms with Gasteiger partial charge in [0, 0.05) is 0 Å². The van der Waals surface area contributed by atoms with E-state index < -0.39 is 0 Å². The average Bonchev–Trinajstić information content (AvgIpc) is 2.21. The van der Waals surface area contributed by atoms with E-state index in [9.17, 15) is 5.11 Å². The molecule has 4 heteroatoms. The van der Waals surface area contributed by atoms with Gasteiger partial charge in [0.15, 0.2) is 5.75 Å². The number of methoxy groups -OCH3 is 1. The van der Waals surface area contributed by atoms with Crippen LogP contribution in [0.25, 0.3) is 0 Å². The zero-order valence-corrected chi connectivity index (χ0v) is 9.44. The number of nitrogens with two attached hydrogens (primary N) is 1. The van der Waals surface area contributed by atoms with Crippen LogP contribution in [0, 0.1) is 0 Å². The molecule has 0 aliphatic carbocycles. The van der Waals surface area contributed by atoms with Crippen molar-refractivity contribution < 1.29 is 9.84 Å². The van der Waals surface area contributed by atoms with Crippen molar-refractivity contribution in [1.29, 1.82) is 0 Å². The van der Waals surface area contributed by atoms with Gasteiger partial charge in [-0.2, -0.15) is 0 Å². The zero-order valence-electron chi connectivity index (χ0n) is 8.63. The molecule has 0 bridgehead atoms. The number of hydrogen-bond acceptors (Lipinski definition) is 4. The van der Waals surface area contributed by atoms with Crippen LogP contribution in [0.2, 0.25) is 0 Å². The maximum atomic E-state index is 9.70. The number of benzene rings is 1. The van der Waals surface area contributed by atoms with Gasteiger partial charge < -0.3 is 15.6 Å². The van der Waals surface area contributed by atoms with E-state index >= 15 is 0 Å². The van der Waals surface area contributed by atoms with Gasteiger partial charge in [-0.15, -0.1) is 11.8 Å². The van der Waals surface area contributed by atoms with Crippen molar-refractivity contribution in [2.75, 3.05) is 19.1 Å². The predicted molar refractivity (Wildman–Crippen MR) is 60.2 cm³/mol. The van der Waals surface area contributed by atoms with Crippen LogP contribution >= 0.6 is 11.8 Å². The minimum atomic E-state index is 0.117. The van der Waals surface area contributed by atoms with E-state index in [0.717, 1.165) is 16.9 Å². The zero-order chi connectivity index (χ0) is 10.7. The molecule has 1 rings (SSSR count). The summed E-state index contributed by atoms with van der Waals surface area (Å²) in [4.78, 5) is 0.792. The van der Waals surface area contributed by atoms with Gasteiger partial charge in [0.25, 0.3) is 0 Å². The number of nitrogen functional groups attached to an aromatic ring is 1. The third-order valence-electron chi connectivity index (χ3n) is 2.14. The van der Waals surface area contributed by atoms with Crippen LogP contribution in [0.15, 0.2) is 11.0 Å². The van der Waals surface area contributed by atoms with Crippen molar-refractivity contribution in [3.63, 3.8) is 0 Å². The summed E-state index contributed by atoms with van der Waals surface area (Å²) < 4.78 is 5.15. The quantitative estimate of drug-likeness (QED) is 0.459. The first kappa shape index (κ1) is 11.0. The molecule has 0 saturated carbocycles. The highest BCUT2D eigenvalue weighted by molar-refractivity contribution is 7.98. The standard InChI is InChI=1S/C10H15NO2S/c1-4-6-5-7(14-3)9(12)8(11)10(6)13-2/h5,12H,4,11H2,1-3H3. The molecule has 0 aliphatic rings. The van der Waals surface area contributed by atoms with E-state index in [2.05, 4.69) is 0 Å². The molecule has 0 saturated heterocycles. The van der Waals surface area contributed by atoms with Gasteiger partial charge in [-0.05, 0) is 24.3 Å². The number of ether oxygens (including phenoxy) is 1. The first-order chi connectivity index (χ1) is 6.65. The van der Waals surface area contributed by atoms with Crippen LogP contribution in [0.5, 0.6) is 11.5 Å². The van der Waals surface area contributed by atoms with E-state index in [1.165, 1.54) is 11.8 Å². The fourth-order valence-corrected chi connectivity index (χ4v) is 1.93. The molecule has 3 N–H and O–H groups in total. The van der Waals surface area contributed by atoms with E-state index in [-0.39, 0.29) is 5.75 Å². The number of phenols is 1. The summed E-state index contributed by atoms with van der Waals surface area (Å²) in [5.41, 5.74) is 7.11. The Bertz CT molecular complexity index is 339. The normalized spacial score (nSPS) is 10.2. The van der Waals surface area contributed by atoms with Gasteiger partial charge in [0.2, 0.25) is 0 Å². The molecule has 0 spiro atoms. The Morgan fingerprint density at radius 2 is 2.21 bits per heavy atom. The van der Waals surface area contributed by atoms with Gasteiger partial charge in [-0.3, -0.25) is 0 Å². The summed E-state index contributed by atoms with van der Waals surface area (Å²) in [6.45, 7) is 2.03. The molecule has 1 aromatic carbocycles. The molecule has 0 atom stereocenters. The van der Waals surface area contributed by atoms with Gasteiger partial charge in [0.1, 0.15) is 11.4 Å². The second-order valence-corrected chi connectivity index (χ2v) is 3.74. The topological polar surface area (TPSA) is 55.5 Å². The van der Waals surface area contributed by atoms with Crippen molar-refractivity contribution in [2.24, 2.45) is 0 Å². The highest BCUT2D eigenvalue weighted by atomic mass is 32.2. The lowest BCUT2D eigenvalue weighted by Crippen LogP contribution is -1.98. The lowest BCUT2D eigenvalue weighted by atomic mass is 10.1. The number of anilines is 1. The molecule has 0 aliphatic heterocycles. The maximum Gasteiger partial charge on any atom is 0.155 e. The molecule has 0 aromatic heterocycles. The van der Waals surface area contributed by atoms with Gasteiger partial charge >= 0.3 is 0 Å². The summed E-state index contributed by atoms with van der Waals surface area (Å²) in [6, 6.07) is 1.91. The van der Waals surface area contributed by atoms with Gasteiger partial charge in [-0.1, -0.05) is 6.92 Å². The molecule has 14 heavy (non-hydrogen) atoms. The number of thioether (sulfide) groups is 1. The number of hydrogen-bond donors (Lipinski definition) is 2. The van der Waals surface area contributed by atoms with Crippen molar-refractivity contribution >= 4 is 17.4 Å². The van der Waals surface area contributed by atoms with Crippen LogP contribution in [0.4, 0.5) is 5.69 Å². The molecule has 0 heterocycles. The lowest BCUT2D eigenvalue weighted by molar-refractivity contribution is 0.404. The SMILES string of the molecule is CCc1cc(SC)c(O)c(N)c1OC. The Labute approximate surface area is 88.3 Å². The second kappa shape index (κ2) is 4.46. The fourth-order valence-electron chi connectivity index (χ4n) is 1.36. The van der Waals surface area contributed by atoms with Crippen LogP contribution in [0.1, 0.15) is 12.5 Å². The minimum Gasteiger partial charge on any atom is -0.505 e. The Balaban J connectivity index is 3.38. The summed E-state index contributed by atoms with van der Waals surface area (Å²) in [5.74, 6) is 0.703. The first-order valence-electron chi connectivity index (χ1n) is 4.38. The molecule has 0 amide bonds. The van der Waals surface area contributed by atoms with E-state index in [1.807, 2.05) is 19.2 Å². The third kappa shape index (κ3) is 1.75. The number of aryl methyl sites for hydroxylation is 1. The van der Waals surface area contributed by atoms with Gasteiger partial charge in [0.05, 0.1) is 12.0 Å². The molecule has 1 aromatic rings. The Morgan fingerprint density at radius 3 is 2.64 bits per heavy atom. The highest BCUT2D eigenvalue weighted by Gasteiger charge is 2.14. The van der Waals surface area contributed by atoms with Crippen molar-refractivity contribution in [3.8, 4) is 11.5 Å². The summed E-state index contributed by atoms with van der Waals surface area (Å²) in [6.07, 6.45) is 2.74. The Hall–Kier alpha value is -1.03. The maximum absolute atomic E-state index is 9.70. The number of phenolic OH excluding ortho intramolecular Hbond substituents is 1. The molecule has 3 nitrogen and oxygen atoms in total. The largest absolute Gasteiger partial charge is 0.505 e. The lowest BCUT2D eigenvalue weighted by Gasteiger charge is -2.13. The fraction of sp³-hybridized carbons (Fsp3) is 0.400. The molecular weight excluding hydrogens is 198 g/mol. The van der Waals surface area contributed by atoms with Crippen molar-refractivity contribution in [1.82, 2.24) is 0 Å². The van der Waals surface area contributed by atoms with E-state index in [4.69, 9.17) is 10.5 Å². The van der Waals surface area contributed by atoms with Crippen LogP contribution in [0.3, 0.4) is 0 Å². The molecule has 0 radical (unpaired) electrons. The number of rotatable bonds is 3. The molecule has 0 unspecified atom stereocenters. The molecular formula is C10H15NO2S. The van der Waals surface area contributed by atoms with Crippen LogP contribution < -0.4 is 10.5 Å². The van der Waals surface area contributed by atoms with Crippen LogP contribution in [-0.2, 0) is 6.42 Å². The summed E-state index contributed by atoms with van der Waals surface area (Å²) in [7, 11) is 1.56. The highest BCUT2D eigenvalue weighted by Crippen LogP contribution is 2.41. The second-order valence-electron chi connectivity index (χ2n) is 2.89. The van der Waals surface area contributed by atoms with Crippen molar-refractivity contribution in [3.05, 3.63) is 11.6 Å². The Morgan fingerprint density at radius 1 is 1.57 bits per heavy atom. The van der Waals surface area contributed by atoms with E-state index in [0.29, 0.717) is 11.4 Å². The predicted octanol–water partition coefficient (Wildman–Crippen LogP) is 2.27. The Kier molecular flexibility index (Phi) is 3.52. The molecule has 0 fully saturated rings. The first-order valence-corrected chi connectivity index (χ1v) is 5.60. The van der Waals surface area contributed by atoms with Crippen molar-refractivity contribution in [2.45, 2.75) is 18.2 Å².